The third-order valence-corrected chi connectivity index (χ3v) is 6.79. The highest BCUT2D eigenvalue weighted by molar-refractivity contribution is 7.89. The van der Waals surface area contributed by atoms with Gasteiger partial charge in [-0.05, 0) is 36.1 Å². The van der Waals surface area contributed by atoms with E-state index in [1.54, 1.807) is 20.1 Å². The molecule has 1 aromatic rings. The SMILES string of the molecule is CCC(CN(O)C=O)S(=O)(=O)N1CCc2cc(OC)c(OC)cc2C1. The van der Waals surface area contributed by atoms with E-state index in [-0.39, 0.29) is 19.5 Å². The van der Waals surface area contributed by atoms with Crippen LogP contribution in [0, 0.1) is 0 Å². The van der Waals surface area contributed by atoms with Gasteiger partial charge in [0.1, 0.15) is 0 Å². The van der Waals surface area contributed by atoms with E-state index in [1.165, 1.54) is 11.4 Å². The Balaban J connectivity index is 2.27. The number of benzene rings is 1. The lowest BCUT2D eigenvalue weighted by Gasteiger charge is -2.32. The molecule has 0 radical (unpaired) electrons. The minimum Gasteiger partial charge on any atom is -0.493 e. The Morgan fingerprint density at radius 3 is 2.40 bits per heavy atom. The topological polar surface area (TPSA) is 96.4 Å². The zero-order chi connectivity index (χ0) is 18.6. The number of hydrogen-bond acceptors (Lipinski definition) is 6. The standard InChI is InChI=1S/C16H24N2O6S/c1-4-14(10-17(20)11-19)25(21,22)18-6-5-12-7-15(23-2)16(24-3)8-13(12)9-18/h7-8,11,14,20H,4-6,9-10H2,1-3H3. The van der Waals surface area contributed by atoms with E-state index in [1.807, 2.05) is 6.07 Å². The Hall–Kier alpha value is -1.84. The van der Waals surface area contributed by atoms with Gasteiger partial charge in [0, 0.05) is 13.1 Å². The minimum absolute atomic E-state index is 0.209. The Morgan fingerprint density at radius 1 is 1.28 bits per heavy atom. The average Bonchev–Trinajstić information content (AvgIpc) is 2.63. The van der Waals surface area contributed by atoms with Gasteiger partial charge in [-0.15, -0.1) is 0 Å². The van der Waals surface area contributed by atoms with Crippen molar-refractivity contribution in [3.05, 3.63) is 23.3 Å². The number of rotatable bonds is 8. The van der Waals surface area contributed by atoms with Crippen molar-refractivity contribution in [1.29, 1.82) is 0 Å². The van der Waals surface area contributed by atoms with Crippen LogP contribution in [0.1, 0.15) is 24.5 Å². The Kier molecular flexibility index (Phi) is 6.26. The van der Waals surface area contributed by atoms with Crippen molar-refractivity contribution in [1.82, 2.24) is 9.37 Å². The quantitative estimate of drug-likeness (QED) is 0.416. The van der Waals surface area contributed by atoms with E-state index in [0.29, 0.717) is 35.9 Å². The molecule has 1 heterocycles. The first-order chi connectivity index (χ1) is 11.9. The molecule has 8 nitrogen and oxygen atoms in total. The summed E-state index contributed by atoms with van der Waals surface area (Å²) >= 11 is 0. The van der Waals surface area contributed by atoms with Crippen LogP contribution in [0.3, 0.4) is 0 Å². The molecule has 1 amide bonds. The van der Waals surface area contributed by atoms with Gasteiger partial charge in [-0.25, -0.2) is 13.5 Å². The van der Waals surface area contributed by atoms with E-state index >= 15 is 0 Å². The number of hydrogen-bond donors (Lipinski definition) is 1. The van der Waals surface area contributed by atoms with Crippen molar-refractivity contribution in [3.63, 3.8) is 0 Å². The summed E-state index contributed by atoms with van der Waals surface area (Å²) in [5, 5.41) is 8.87. The van der Waals surface area contributed by atoms with Crippen molar-refractivity contribution in [3.8, 4) is 11.5 Å². The highest BCUT2D eigenvalue weighted by atomic mass is 32.2. The maximum Gasteiger partial charge on any atom is 0.233 e. The molecule has 0 saturated carbocycles. The van der Waals surface area contributed by atoms with Crippen molar-refractivity contribution >= 4 is 16.4 Å². The summed E-state index contributed by atoms with van der Waals surface area (Å²) in [5.41, 5.74) is 1.88. The van der Waals surface area contributed by atoms with E-state index in [4.69, 9.17) is 9.47 Å². The molecule has 1 N–H and O–H groups in total. The number of carbonyl (C=O) groups excluding carboxylic acids is 1. The summed E-state index contributed by atoms with van der Waals surface area (Å²) in [5.74, 6) is 1.17. The smallest absolute Gasteiger partial charge is 0.233 e. The van der Waals surface area contributed by atoms with Crippen molar-refractivity contribution < 1.29 is 27.9 Å². The number of ether oxygens (including phenoxy) is 2. The number of hydroxylamine groups is 2. The lowest BCUT2D eigenvalue weighted by Crippen LogP contribution is -2.45. The first kappa shape index (κ1) is 19.5. The van der Waals surface area contributed by atoms with Crippen LogP contribution in [0.4, 0.5) is 0 Å². The largest absolute Gasteiger partial charge is 0.493 e. The molecule has 1 atom stereocenters. The normalized spacial score (nSPS) is 16.0. The van der Waals surface area contributed by atoms with E-state index < -0.39 is 15.3 Å². The molecule has 1 aromatic carbocycles. The molecule has 140 valence electrons. The molecule has 25 heavy (non-hydrogen) atoms. The molecular weight excluding hydrogens is 348 g/mol. The fourth-order valence-electron chi connectivity index (χ4n) is 2.97. The molecule has 0 spiro atoms. The zero-order valence-corrected chi connectivity index (χ0v) is 15.5. The summed E-state index contributed by atoms with van der Waals surface area (Å²) in [6.07, 6.45) is 1.06. The molecule has 0 bridgehead atoms. The van der Waals surface area contributed by atoms with Gasteiger partial charge in [-0.2, -0.15) is 4.31 Å². The number of sulfonamides is 1. The molecule has 0 saturated heterocycles. The van der Waals surface area contributed by atoms with Crippen LogP contribution in [0.15, 0.2) is 12.1 Å². The molecule has 0 aliphatic carbocycles. The predicted octanol–water partition coefficient (Wildman–Crippen LogP) is 1.02. The minimum atomic E-state index is -3.66. The Labute approximate surface area is 147 Å². The number of fused-ring (bicyclic) bond motifs is 1. The second-order valence-corrected chi connectivity index (χ2v) is 8.08. The highest BCUT2D eigenvalue weighted by Crippen LogP contribution is 2.34. The van der Waals surface area contributed by atoms with Gasteiger partial charge in [0.25, 0.3) is 0 Å². The second-order valence-electron chi connectivity index (χ2n) is 5.86. The van der Waals surface area contributed by atoms with Crippen molar-refractivity contribution in [2.45, 2.75) is 31.6 Å². The first-order valence-corrected chi connectivity index (χ1v) is 9.51. The average molecular weight is 372 g/mol. The maximum atomic E-state index is 12.9. The lowest BCUT2D eigenvalue weighted by molar-refractivity contribution is -0.149. The number of nitrogens with zero attached hydrogens (tertiary/aromatic N) is 2. The number of amides is 1. The van der Waals surface area contributed by atoms with Gasteiger partial charge in [0.2, 0.25) is 16.4 Å². The van der Waals surface area contributed by atoms with Gasteiger partial charge in [0.05, 0.1) is 26.0 Å². The fourth-order valence-corrected chi connectivity index (χ4v) is 4.82. The zero-order valence-electron chi connectivity index (χ0n) is 14.6. The van der Waals surface area contributed by atoms with Crippen LogP contribution in [-0.2, 0) is 27.8 Å². The third-order valence-electron chi connectivity index (χ3n) is 4.43. The van der Waals surface area contributed by atoms with Crippen LogP contribution in [0.2, 0.25) is 0 Å². The molecule has 1 aliphatic heterocycles. The van der Waals surface area contributed by atoms with Crippen molar-refractivity contribution in [2.75, 3.05) is 27.3 Å². The van der Waals surface area contributed by atoms with E-state index in [0.717, 1.165) is 11.1 Å². The molecule has 0 aromatic heterocycles. The molecule has 1 unspecified atom stereocenters. The van der Waals surface area contributed by atoms with E-state index in [2.05, 4.69) is 0 Å². The molecule has 1 aliphatic rings. The predicted molar refractivity (Wildman–Crippen MR) is 91.2 cm³/mol. The van der Waals surface area contributed by atoms with Crippen LogP contribution in [0.5, 0.6) is 11.5 Å². The van der Waals surface area contributed by atoms with Gasteiger partial charge >= 0.3 is 0 Å². The number of carbonyl (C=O) groups is 1. The van der Waals surface area contributed by atoms with Crippen LogP contribution < -0.4 is 9.47 Å². The lowest BCUT2D eigenvalue weighted by atomic mass is 10.0. The van der Waals surface area contributed by atoms with Crippen molar-refractivity contribution in [2.24, 2.45) is 0 Å². The first-order valence-electron chi connectivity index (χ1n) is 8.00. The third kappa shape index (κ3) is 4.05. The highest BCUT2D eigenvalue weighted by Gasteiger charge is 2.34. The van der Waals surface area contributed by atoms with Gasteiger partial charge in [-0.3, -0.25) is 10.0 Å². The summed E-state index contributed by atoms with van der Waals surface area (Å²) in [7, 11) is -0.566. The summed E-state index contributed by atoms with van der Waals surface area (Å²) in [4.78, 5) is 10.6. The summed E-state index contributed by atoms with van der Waals surface area (Å²) in [6.45, 7) is 2.03. The van der Waals surface area contributed by atoms with E-state index in [9.17, 15) is 18.4 Å². The molecule has 2 rings (SSSR count). The molecule has 0 fully saturated rings. The second kappa shape index (κ2) is 8.03. The Morgan fingerprint density at radius 2 is 1.88 bits per heavy atom. The molecule has 9 heteroatoms. The van der Waals surface area contributed by atoms with Crippen LogP contribution in [-0.4, -0.2) is 62.0 Å². The fraction of sp³-hybridized carbons (Fsp3) is 0.562. The van der Waals surface area contributed by atoms with Gasteiger partial charge in [0.15, 0.2) is 11.5 Å². The maximum absolute atomic E-state index is 12.9. The van der Waals surface area contributed by atoms with Gasteiger partial charge < -0.3 is 9.47 Å². The van der Waals surface area contributed by atoms with Crippen LogP contribution >= 0.6 is 0 Å². The summed E-state index contributed by atoms with van der Waals surface area (Å²) in [6, 6.07) is 3.66. The summed E-state index contributed by atoms with van der Waals surface area (Å²) < 4.78 is 37.7. The molecular formula is C16H24N2O6S. The number of methoxy groups -OCH3 is 2. The monoisotopic (exact) mass is 372 g/mol. The van der Waals surface area contributed by atoms with Crippen LogP contribution in [0.25, 0.3) is 0 Å². The van der Waals surface area contributed by atoms with Gasteiger partial charge in [-0.1, -0.05) is 6.92 Å². The Bertz CT molecular complexity index is 722.